The second kappa shape index (κ2) is 5.26. The quantitative estimate of drug-likeness (QED) is 0.900. The molecule has 6 nitrogen and oxygen atoms in total. The van der Waals surface area contributed by atoms with Crippen molar-refractivity contribution in [1.82, 2.24) is 14.8 Å². The van der Waals surface area contributed by atoms with Crippen LogP contribution in [-0.2, 0) is 13.6 Å². The summed E-state index contributed by atoms with van der Waals surface area (Å²) in [5.41, 5.74) is 7.12. The molecular formula is C11H14BrN5O. The van der Waals surface area contributed by atoms with Crippen molar-refractivity contribution in [3.8, 4) is 5.88 Å². The molecule has 0 aliphatic carbocycles. The van der Waals surface area contributed by atoms with Crippen molar-refractivity contribution in [2.45, 2.75) is 6.54 Å². The zero-order valence-electron chi connectivity index (χ0n) is 10.1. The van der Waals surface area contributed by atoms with Gasteiger partial charge in [0.2, 0.25) is 5.88 Å². The smallest absolute Gasteiger partial charge is 0.211 e. The van der Waals surface area contributed by atoms with Crippen LogP contribution in [-0.4, -0.2) is 21.9 Å². The molecule has 7 heteroatoms. The standard InChI is InChI=1S/C11H14BrN5O/c1-17-10(18-2)4-8(16-17)6-15-11-9(12)3-7(13)5-14-11/h3-5H,6,13H2,1-2H3,(H,14,15). The van der Waals surface area contributed by atoms with E-state index in [1.807, 2.05) is 13.1 Å². The van der Waals surface area contributed by atoms with Crippen LogP contribution in [0.5, 0.6) is 5.88 Å². The third kappa shape index (κ3) is 2.73. The molecule has 2 aromatic heterocycles. The van der Waals surface area contributed by atoms with Gasteiger partial charge < -0.3 is 15.8 Å². The summed E-state index contributed by atoms with van der Waals surface area (Å²) in [7, 11) is 3.45. The van der Waals surface area contributed by atoms with Crippen molar-refractivity contribution in [2.24, 2.45) is 7.05 Å². The van der Waals surface area contributed by atoms with Crippen molar-refractivity contribution in [3.05, 3.63) is 28.5 Å². The number of aromatic nitrogens is 3. The highest BCUT2D eigenvalue weighted by Gasteiger charge is 2.06. The Morgan fingerprint density at radius 1 is 1.50 bits per heavy atom. The molecule has 3 N–H and O–H groups in total. The number of aryl methyl sites for hydroxylation is 1. The Balaban J connectivity index is 2.06. The van der Waals surface area contributed by atoms with Gasteiger partial charge in [0.25, 0.3) is 0 Å². The maximum Gasteiger partial charge on any atom is 0.211 e. The lowest BCUT2D eigenvalue weighted by Gasteiger charge is -2.06. The fourth-order valence-corrected chi connectivity index (χ4v) is 2.05. The van der Waals surface area contributed by atoms with Crippen LogP contribution in [0.2, 0.25) is 0 Å². The van der Waals surface area contributed by atoms with Gasteiger partial charge in [-0.2, -0.15) is 5.10 Å². The number of nitrogens with one attached hydrogen (secondary N) is 1. The van der Waals surface area contributed by atoms with Gasteiger partial charge in [-0.25, -0.2) is 9.67 Å². The van der Waals surface area contributed by atoms with Gasteiger partial charge in [-0.15, -0.1) is 0 Å². The highest BCUT2D eigenvalue weighted by molar-refractivity contribution is 9.10. The zero-order chi connectivity index (χ0) is 13.1. The van der Waals surface area contributed by atoms with E-state index in [4.69, 9.17) is 10.5 Å². The van der Waals surface area contributed by atoms with E-state index in [2.05, 4.69) is 31.3 Å². The summed E-state index contributed by atoms with van der Waals surface area (Å²) < 4.78 is 7.66. The van der Waals surface area contributed by atoms with Gasteiger partial charge in [0.1, 0.15) is 5.82 Å². The lowest BCUT2D eigenvalue weighted by molar-refractivity contribution is 0.373. The molecule has 2 aromatic rings. The Bertz CT molecular complexity index is 554. The van der Waals surface area contributed by atoms with E-state index >= 15 is 0 Å². The SMILES string of the molecule is COc1cc(CNc2ncc(N)cc2Br)nn1C. The second-order valence-corrected chi connectivity index (χ2v) is 4.61. The fourth-order valence-electron chi connectivity index (χ4n) is 1.54. The molecular weight excluding hydrogens is 298 g/mol. The van der Waals surface area contributed by atoms with Crippen LogP contribution >= 0.6 is 15.9 Å². The average Bonchev–Trinajstić information content (AvgIpc) is 2.69. The molecule has 18 heavy (non-hydrogen) atoms. The van der Waals surface area contributed by atoms with Gasteiger partial charge >= 0.3 is 0 Å². The predicted octanol–water partition coefficient (Wildman–Crippen LogP) is 1.78. The van der Waals surface area contributed by atoms with E-state index in [0.717, 1.165) is 21.9 Å². The van der Waals surface area contributed by atoms with Crippen LogP contribution in [0.25, 0.3) is 0 Å². The molecule has 0 atom stereocenters. The number of rotatable bonds is 4. The molecule has 96 valence electrons. The molecule has 0 spiro atoms. The first-order chi connectivity index (χ1) is 8.60. The van der Waals surface area contributed by atoms with Crippen molar-refractivity contribution < 1.29 is 4.74 Å². The molecule has 2 rings (SSSR count). The maximum atomic E-state index is 5.62. The molecule has 0 unspecified atom stereocenters. The molecule has 0 saturated heterocycles. The number of hydrogen-bond acceptors (Lipinski definition) is 5. The lowest BCUT2D eigenvalue weighted by Crippen LogP contribution is -2.04. The molecule has 0 radical (unpaired) electrons. The van der Waals surface area contributed by atoms with E-state index in [9.17, 15) is 0 Å². The second-order valence-electron chi connectivity index (χ2n) is 3.75. The van der Waals surface area contributed by atoms with Gasteiger partial charge in [-0.3, -0.25) is 0 Å². The van der Waals surface area contributed by atoms with Gasteiger partial charge in [0.05, 0.1) is 35.7 Å². The van der Waals surface area contributed by atoms with E-state index in [-0.39, 0.29) is 0 Å². The Labute approximate surface area is 113 Å². The highest BCUT2D eigenvalue weighted by Crippen LogP contribution is 2.22. The maximum absolute atomic E-state index is 5.62. The summed E-state index contributed by atoms with van der Waals surface area (Å²) in [6, 6.07) is 3.67. The van der Waals surface area contributed by atoms with Gasteiger partial charge in [-0.05, 0) is 22.0 Å². The van der Waals surface area contributed by atoms with E-state index < -0.39 is 0 Å². The summed E-state index contributed by atoms with van der Waals surface area (Å²) in [6.45, 7) is 0.562. The molecule has 0 fully saturated rings. The minimum absolute atomic E-state index is 0.562. The molecule has 0 aliphatic heterocycles. The highest BCUT2D eigenvalue weighted by atomic mass is 79.9. The van der Waals surface area contributed by atoms with Gasteiger partial charge in [0, 0.05) is 13.1 Å². The normalized spacial score (nSPS) is 10.4. The first-order valence-corrected chi connectivity index (χ1v) is 6.11. The number of nitrogens with zero attached hydrogens (tertiary/aromatic N) is 3. The van der Waals surface area contributed by atoms with Crippen LogP contribution < -0.4 is 15.8 Å². The largest absolute Gasteiger partial charge is 0.481 e. The zero-order valence-corrected chi connectivity index (χ0v) is 11.7. The number of methoxy groups -OCH3 is 1. The molecule has 0 aliphatic rings. The third-order valence-corrected chi connectivity index (χ3v) is 3.00. The minimum Gasteiger partial charge on any atom is -0.481 e. The Morgan fingerprint density at radius 3 is 2.89 bits per heavy atom. The summed E-state index contributed by atoms with van der Waals surface area (Å²) in [5, 5.41) is 7.48. The monoisotopic (exact) mass is 311 g/mol. The summed E-state index contributed by atoms with van der Waals surface area (Å²) in [5.74, 6) is 1.45. The summed E-state index contributed by atoms with van der Waals surface area (Å²) >= 11 is 3.40. The van der Waals surface area contributed by atoms with Crippen molar-refractivity contribution in [2.75, 3.05) is 18.2 Å². The summed E-state index contributed by atoms with van der Waals surface area (Å²) in [4.78, 5) is 4.19. The van der Waals surface area contributed by atoms with Crippen molar-refractivity contribution in [3.63, 3.8) is 0 Å². The molecule has 0 amide bonds. The number of hydrogen-bond donors (Lipinski definition) is 2. The first-order valence-electron chi connectivity index (χ1n) is 5.32. The predicted molar refractivity (Wildman–Crippen MR) is 73.4 cm³/mol. The Kier molecular flexibility index (Phi) is 3.71. The summed E-state index contributed by atoms with van der Waals surface area (Å²) in [6.07, 6.45) is 1.60. The number of ether oxygens (including phenoxy) is 1. The van der Waals surface area contributed by atoms with Crippen LogP contribution in [0.15, 0.2) is 22.8 Å². The van der Waals surface area contributed by atoms with Crippen LogP contribution in [0.3, 0.4) is 0 Å². The van der Waals surface area contributed by atoms with Gasteiger partial charge in [0.15, 0.2) is 0 Å². The Morgan fingerprint density at radius 2 is 2.28 bits per heavy atom. The number of nitrogen functional groups attached to an aromatic ring is 1. The first kappa shape index (κ1) is 12.7. The van der Waals surface area contributed by atoms with E-state index in [1.54, 1.807) is 24.1 Å². The van der Waals surface area contributed by atoms with E-state index in [0.29, 0.717) is 12.2 Å². The average molecular weight is 312 g/mol. The molecule has 0 aromatic carbocycles. The molecule has 0 saturated carbocycles. The fraction of sp³-hybridized carbons (Fsp3) is 0.273. The number of pyridine rings is 1. The van der Waals surface area contributed by atoms with Crippen LogP contribution in [0, 0.1) is 0 Å². The topological polar surface area (TPSA) is 78.0 Å². The minimum atomic E-state index is 0.562. The molecule has 2 heterocycles. The number of anilines is 2. The molecule has 0 bridgehead atoms. The van der Waals surface area contributed by atoms with E-state index in [1.165, 1.54) is 0 Å². The number of halogens is 1. The van der Waals surface area contributed by atoms with Gasteiger partial charge in [-0.1, -0.05) is 0 Å². The third-order valence-electron chi connectivity index (χ3n) is 2.40. The lowest BCUT2D eigenvalue weighted by atomic mass is 10.4. The number of nitrogens with two attached hydrogens (primary N) is 1. The van der Waals surface area contributed by atoms with Crippen LogP contribution in [0.4, 0.5) is 11.5 Å². The van der Waals surface area contributed by atoms with Crippen LogP contribution in [0.1, 0.15) is 5.69 Å². The Hall–Kier alpha value is -1.76. The van der Waals surface area contributed by atoms with Crippen molar-refractivity contribution >= 4 is 27.4 Å². The van der Waals surface area contributed by atoms with Crippen molar-refractivity contribution in [1.29, 1.82) is 0 Å².